The lowest BCUT2D eigenvalue weighted by Crippen LogP contribution is -2.02. The first kappa shape index (κ1) is 13.3. The summed E-state index contributed by atoms with van der Waals surface area (Å²) in [5.41, 5.74) is 1.50. The van der Waals surface area contributed by atoms with Gasteiger partial charge in [-0.25, -0.2) is 4.39 Å². The minimum absolute atomic E-state index is 0.0495. The Labute approximate surface area is 112 Å². The summed E-state index contributed by atoms with van der Waals surface area (Å²) in [6, 6.07) is 16.3. The standard InChI is InChI=1S/C16H14FNO/c1-12(13-6-3-2-4-7-13)19-11-15-9-5-8-14(10-18)16(15)17/h2-9,12H,11H2,1H3. The van der Waals surface area contributed by atoms with E-state index in [2.05, 4.69) is 0 Å². The maximum Gasteiger partial charge on any atom is 0.146 e. The van der Waals surface area contributed by atoms with E-state index in [1.165, 1.54) is 6.07 Å². The molecule has 0 heterocycles. The predicted molar refractivity (Wildman–Crippen MR) is 70.8 cm³/mol. The van der Waals surface area contributed by atoms with Crippen LogP contribution in [0.1, 0.15) is 29.7 Å². The van der Waals surface area contributed by atoms with Crippen molar-refractivity contribution in [3.05, 3.63) is 71.0 Å². The highest BCUT2D eigenvalue weighted by atomic mass is 19.1. The SMILES string of the molecule is CC(OCc1cccc(C#N)c1F)c1ccccc1. The molecule has 0 aliphatic rings. The van der Waals surface area contributed by atoms with Gasteiger partial charge in [0.15, 0.2) is 0 Å². The van der Waals surface area contributed by atoms with Crippen LogP contribution < -0.4 is 0 Å². The minimum atomic E-state index is -0.495. The van der Waals surface area contributed by atoms with Crippen LogP contribution in [-0.4, -0.2) is 0 Å². The van der Waals surface area contributed by atoms with Gasteiger partial charge in [-0.1, -0.05) is 42.5 Å². The molecule has 2 nitrogen and oxygen atoms in total. The van der Waals surface area contributed by atoms with Crippen LogP contribution >= 0.6 is 0 Å². The minimum Gasteiger partial charge on any atom is -0.369 e. The van der Waals surface area contributed by atoms with Crippen LogP contribution in [0.2, 0.25) is 0 Å². The van der Waals surface area contributed by atoms with Gasteiger partial charge in [-0.05, 0) is 18.6 Å². The lowest BCUT2D eigenvalue weighted by Gasteiger charge is -2.14. The normalized spacial score (nSPS) is 11.8. The van der Waals surface area contributed by atoms with Gasteiger partial charge in [0.25, 0.3) is 0 Å². The number of hydrogen-bond donors (Lipinski definition) is 0. The van der Waals surface area contributed by atoms with Gasteiger partial charge in [0.1, 0.15) is 11.9 Å². The Balaban J connectivity index is 2.06. The fraction of sp³-hybridized carbons (Fsp3) is 0.188. The van der Waals surface area contributed by atoms with E-state index >= 15 is 0 Å². The Morgan fingerprint density at radius 3 is 2.58 bits per heavy atom. The molecule has 96 valence electrons. The molecule has 0 spiro atoms. The van der Waals surface area contributed by atoms with E-state index in [1.54, 1.807) is 12.1 Å². The van der Waals surface area contributed by atoms with Crippen molar-refractivity contribution in [3.8, 4) is 6.07 Å². The lowest BCUT2D eigenvalue weighted by atomic mass is 10.1. The first-order valence-electron chi connectivity index (χ1n) is 6.06. The van der Waals surface area contributed by atoms with Gasteiger partial charge in [0.2, 0.25) is 0 Å². The van der Waals surface area contributed by atoms with Gasteiger partial charge in [0, 0.05) is 5.56 Å². The first-order chi connectivity index (χ1) is 9.22. The largest absolute Gasteiger partial charge is 0.369 e. The van der Waals surface area contributed by atoms with E-state index in [-0.39, 0.29) is 18.3 Å². The van der Waals surface area contributed by atoms with Crippen LogP contribution in [0.15, 0.2) is 48.5 Å². The molecule has 0 aliphatic carbocycles. The Bertz CT molecular complexity index is 589. The average Bonchev–Trinajstić information content (AvgIpc) is 2.47. The summed E-state index contributed by atoms with van der Waals surface area (Å²) in [5, 5.41) is 8.77. The van der Waals surface area contributed by atoms with Crippen LogP contribution in [-0.2, 0) is 11.3 Å². The van der Waals surface area contributed by atoms with Crippen LogP contribution in [0.4, 0.5) is 4.39 Å². The molecule has 0 amide bonds. The maximum absolute atomic E-state index is 13.8. The summed E-state index contributed by atoms with van der Waals surface area (Å²) in [6.07, 6.45) is -0.119. The molecular formula is C16H14FNO. The van der Waals surface area contributed by atoms with Crippen molar-refractivity contribution in [1.29, 1.82) is 5.26 Å². The molecule has 0 aromatic heterocycles. The molecule has 2 aromatic rings. The summed E-state index contributed by atoms with van der Waals surface area (Å²) >= 11 is 0. The van der Waals surface area contributed by atoms with Crippen molar-refractivity contribution < 1.29 is 9.13 Å². The van der Waals surface area contributed by atoms with Gasteiger partial charge in [-0.15, -0.1) is 0 Å². The first-order valence-corrected chi connectivity index (χ1v) is 6.06. The third kappa shape index (κ3) is 3.18. The van der Waals surface area contributed by atoms with Gasteiger partial charge < -0.3 is 4.74 Å². The highest BCUT2D eigenvalue weighted by Crippen LogP contribution is 2.20. The maximum atomic E-state index is 13.8. The Morgan fingerprint density at radius 1 is 1.16 bits per heavy atom. The van der Waals surface area contributed by atoms with Crippen molar-refractivity contribution in [1.82, 2.24) is 0 Å². The molecule has 0 radical (unpaired) electrons. The molecule has 0 aliphatic heterocycles. The monoisotopic (exact) mass is 255 g/mol. The second kappa shape index (κ2) is 6.12. The van der Waals surface area contributed by atoms with Gasteiger partial charge >= 0.3 is 0 Å². The number of hydrogen-bond acceptors (Lipinski definition) is 2. The van der Waals surface area contributed by atoms with Crippen molar-refractivity contribution in [3.63, 3.8) is 0 Å². The topological polar surface area (TPSA) is 33.0 Å². The summed E-state index contributed by atoms with van der Waals surface area (Å²) in [5.74, 6) is -0.495. The molecule has 3 heteroatoms. The molecule has 0 N–H and O–H groups in total. The zero-order chi connectivity index (χ0) is 13.7. The van der Waals surface area contributed by atoms with E-state index in [0.29, 0.717) is 5.56 Å². The average molecular weight is 255 g/mol. The smallest absolute Gasteiger partial charge is 0.146 e. The number of nitrogens with zero attached hydrogens (tertiary/aromatic N) is 1. The number of nitriles is 1. The molecule has 1 atom stereocenters. The Morgan fingerprint density at radius 2 is 1.89 bits per heavy atom. The van der Waals surface area contributed by atoms with Crippen molar-refractivity contribution in [2.45, 2.75) is 19.6 Å². The third-order valence-electron chi connectivity index (χ3n) is 2.96. The summed E-state index contributed by atoms with van der Waals surface area (Å²) in [7, 11) is 0. The number of ether oxygens (including phenoxy) is 1. The zero-order valence-electron chi connectivity index (χ0n) is 10.6. The van der Waals surface area contributed by atoms with Crippen LogP contribution in [0.5, 0.6) is 0 Å². The van der Waals surface area contributed by atoms with Gasteiger partial charge in [-0.2, -0.15) is 5.26 Å². The van der Waals surface area contributed by atoms with Crippen LogP contribution in [0, 0.1) is 17.1 Å². The zero-order valence-corrected chi connectivity index (χ0v) is 10.6. The van der Waals surface area contributed by atoms with E-state index in [1.807, 2.05) is 43.3 Å². The molecule has 19 heavy (non-hydrogen) atoms. The van der Waals surface area contributed by atoms with Crippen LogP contribution in [0.25, 0.3) is 0 Å². The van der Waals surface area contributed by atoms with Crippen molar-refractivity contribution in [2.75, 3.05) is 0 Å². The molecule has 0 saturated carbocycles. The highest BCUT2D eigenvalue weighted by Gasteiger charge is 2.10. The Hall–Kier alpha value is -2.18. The van der Waals surface area contributed by atoms with E-state index < -0.39 is 5.82 Å². The molecule has 0 fully saturated rings. The summed E-state index contributed by atoms with van der Waals surface area (Å²) in [6.45, 7) is 2.07. The number of benzene rings is 2. The van der Waals surface area contributed by atoms with Gasteiger partial charge in [0.05, 0.1) is 18.3 Å². The summed E-state index contributed by atoms with van der Waals surface area (Å²) < 4.78 is 19.5. The number of halogens is 1. The quantitative estimate of drug-likeness (QED) is 0.828. The highest BCUT2D eigenvalue weighted by molar-refractivity contribution is 5.34. The van der Waals surface area contributed by atoms with E-state index in [9.17, 15) is 4.39 Å². The lowest BCUT2D eigenvalue weighted by molar-refractivity contribution is 0.0508. The molecule has 2 rings (SSSR count). The fourth-order valence-electron chi connectivity index (χ4n) is 1.81. The fourth-order valence-corrected chi connectivity index (χ4v) is 1.81. The second-order valence-corrected chi connectivity index (χ2v) is 4.25. The third-order valence-corrected chi connectivity index (χ3v) is 2.96. The molecule has 1 unspecified atom stereocenters. The molecule has 0 bridgehead atoms. The van der Waals surface area contributed by atoms with E-state index in [4.69, 9.17) is 10.00 Å². The Kier molecular flexibility index (Phi) is 4.27. The van der Waals surface area contributed by atoms with Crippen LogP contribution in [0.3, 0.4) is 0 Å². The molecular weight excluding hydrogens is 241 g/mol. The van der Waals surface area contributed by atoms with E-state index in [0.717, 1.165) is 5.56 Å². The van der Waals surface area contributed by atoms with Crippen molar-refractivity contribution >= 4 is 0 Å². The van der Waals surface area contributed by atoms with Crippen molar-refractivity contribution in [2.24, 2.45) is 0 Å². The molecule has 0 saturated heterocycles. The van der Waals surface area contributed by atoms with Gasteiger partial charge in [-0.3, -0.25) is 0 Å². The summed E-state index contributed by atoms with van der Waals surface area (Å²) in [4.78, 5) is 0. The second-order valence-electron chi connectivity index (χ2n) is 4.25. The predicted octanol–water partition coefficient (Wildman–Crippen LogP) is 3.98. The number of rotatable bonds is 4. The molecule has 2 aromatic carbocycles.